The van der Waals surface area contributed by atoms with Crippen molar-refractivity contribution in [2.24, 2.45) is 0 Å². The van der Waals surface area contributed by atoms with Gasteiger partial charge in [-0.1, -0.05) is 24.7 Å². The monoisotopic (exact) mass is 240 g/mol. The normalized spacial score (nSPS) is 19.6. The van der Waals surface area contributed by atoms with Crippen LogP contribution in [0.1, 0.15) is 49.3 Å². The molecule has 1 unspecified atom stereocenters. The molecule has 0 spiro atoms. The van der Waals surface area contributed by atoms with Crippen molar-refractivity contribution in [1.29, 1.82) is 0 Å². The van der Waals surface area contributed by atoms with E-state index in [-0.39, 0.29) is 6.10 Å². The Hall–Kier alpha value is -0.610. The van der Waals surface area contributed by atoms with Crippen molar-refractivity contribution in [2.75, 3.05) is 18.5 Å². The van der Waals surface area contributed by atoms with Crippen LogP contribution in [0.2, 0.25) is 0 Å². The highest BCUT2D eigenvalue weighted by atomic mass is 32.1. The van der Waals surface area contributed by atoms with Gasteiger partial charge in [-0.15, -0.1) is 0 Å². The molecule has 4 heteroatoms. The van der Waals surface area contributed by atoms with Gasteiger partial charge in [-0.3, -0.25) is 0 Å². The lowest BCUT2D eigenvalue weighted by Gasteiger charge is -2.14. The van der Waals surface area contributed by atoms with Crippen molar-refractivity contribution in [1.82, 2.24) is 4.98 Å². The molecule has 1 heterocycles. The van der Waals surface area contributed by atoms with E-state index in [4.69, 9.17) is 0 Å². The van der Waals surface area contributed by atoms with Crippen molar-refractivity contribution in [3.63, 3.8) is 0 Å². The van der Waals surface area contributed by atoms with Crippen LogP contribution in [0.15, 0.2) is 0 Å². The highest BCUT2D eigenvalue weighted by Crippen LogP contribution is 2.37. The number of aliphatic hydroxyl groups excluding tert-OH is 1. The number of thiazole rings is 1. The number of fused-ring (bicyclic) bond motifs is 1. The van der Waals surface area contributed by atoms with Crippen LogP contribution >= 0.6 is 11.3 Å². The molecule has 1 aromatic rings. The Morgan fingerprint density at radius 1 is 1.56 bits per heavy atom. The molecule has 1 aliphatic rings. The van der Waals surface area contributed by atoms with Crippen molar-refractivity contribution >= 4 is 16.5 Å². The van der Waals surface area contributed by atoms with E-state index in [9.17, 15) is 5.11 Å². The maximum atomic E-state index is 9.88. The molecule has 0 fully saturated rings. The zero-order valence-electron chi connectivity index (χ0n) is 10.1. The summed E-state index contributed by atoms with van der Waals surface area (Å²) in [4.78, 5) is 7.95. The van der Waals surface area contributed by atoms with Crippen LogP contribution < -0.4 is 4.90 Å². The smallest absolute Gasteiger partial charge is 0.185 e. The minimum atomic E-state index is -0.269. The van der Waals surface area contributed by atoms with Gasteiger partial charge in [-0.05, 0) is 25.7 Å². The highest BCUT2D eigenvalue weighted by Gasteiger charge is 2.23. The molecule has 1 aliphatic carbocycles. The Labute approximate surface area is 101 Å². The largest absolute Gasteiger partial charge is 0.388 e. The second-order valence-electron chi connectivity index (χ2n) is 4.49. The average molecular weight is 240 g/mol. The van der Waals surface area contributed by atoms with Crippen LogP contribution in [0.4, 0.5) is 5.13 Å². The van der Waals surface area contributed by atoms with Gasteiger partial charge in [0.25, 0.3) is 0 Å². The lowest BCUT2D eigenvalue weighted by Crippen LogP contribution is -2.17. The first-order valence-electron chi connectivity index (χ1n) is 6.11. The van der Waals surface area contributed by atoms with E-state index in [2.05, 4.69) is 23.9 Å². The minimum Gasteiger partial charge on any atom is -0.388 e. The average Bonchev–Trinajstić information content (AvgIpc) is 2.71. The molecule has 0 bridgehead atoms. The zero-order chi connectivity index (χ0) is 11.5. The number of aromatic nitrogens is 1. The van der Waals surface area contributed by atoms with E-state index >= 15 is 0 Å². The third kappa shape index (κ3) is 2.38. The second kappa shape index (κ2) is 5.15. The molecule has 0 aliphatic heterocycles. The van der Waals surface area contributed by atoms with Gasteiger partial charge in [0.05, 0.1) is 16.7 Å². The lowest BCUT2D eigenvalue weighted by molar-refractivity contribution is 0.160. The molecule has 16 heavy (non-hydrogen) atoms. The van der Waals surface area contributed by atoms with Crippen molar-refractivity contribution in [3.8, 4) is 0 Å². The van der Waals surface area contributed by atoms with Gasteiger partial charge in [-0.2, -0.15) is 0 Å². The Balaban J connectivity index is 2.11. The number of aliphatic hydroxyl groups is 1. The van der Waals surface area contributed by atoms with Gasteiger partial charge in [-0.25, -0.2) is 4.98 Å². The molecule has 3 nitrogen and oxygen atoms in total. The van der Waals surface area contributed by atoms with Crippen LogP contribution in [0.5, 0.6) is 0 Å². The fraction of sp³-hybridized carbons (Fsp3) is 0.750. The van der Waals surface area contributed by atoms with E-state index in [1.54, 1.807) is 11.3 Å². The molecule has 1 aromatic heterocycles. The number of nitrogens with zero attached hydrogens (tertiary/aromatic N) is 2. The molecular formula is C12H20N2OS. The number of hydrogen-bond donors (Lipinski definition) is 1. The topological polar surface area (TPSA) is 36.4 Å². The van der Waals surface area contributed by atoms with E-state index in [0.29, 0.717) is 0 Å². The van der Waals surface area contributed by atoms with Gasteiger partial charge in [0.2, 0.25) is 0 Å². The highest BCUT2D eigenvalue weighted by molar-refractivity contribution is 7.15. The maximum Gasteiger partial charge on any atom is 0.185 e. The molecule has 90 valence electrons. The standard InChI is InChI=1S/C12H20N2OS/c1-3-4-8-14(2)12-13-9-6-5-7-10(15)11(9)16-12/h10,15H,3-8H2,1-2H3. The Kier molecular flexibility index (Phi) is 3.82. The van der Waals surface area contributed by atoms with Crippen molar-refractivity contribution in [3.05, 3.63) is 10.6 Å². The van der Waals surface area contributed by atoms with Gasteiger partial charge in [0.15, 0.2) is 5.13 Å². The molecule has 0 aromatic carbocycles. The molecular weight excluding hydrogens is 220 g/mol. The first-order valence-corrected chi connectivity index (χ1v) is 6.92. The summed E-state index contributed by atoms with van der Waals surface area (Å²) in [7, 11) is 2.09. The fourth-order valence-corrected chi connectivity index (χ4v) is 3.16. The van der Waals surface area contributed by atoms with E-state index < -0.39 is 0 Å². The first kappa shape index (κ1) is 11.9. The van der Waals surface area contributed by atoms with Gasteiger partial charge < -0.3 is 10.0 Å². The second-order valence-corrected chi connectivity index (χ2v) is 5.50. The Morgan fingerprint density at radius 2 is 2.38 bits per heavy atom. The minimum absolute atomic E-state index is 0.269. The van der Waals surface area contributed by atoms with Crippen LogP contribution in [0.3, 0.4) is 0 Å². The molecule has 0 saturated carbocycles. The number of hydrogen-bond acceptors (Lipinski definition) is 4. The summed E-state index contributed by atoms with van der Waals surface area (Å²) >= 11 is 1.67. The van der Waals surface area contributed by atoms with Gasteiger partial charge in [0, 0.05) is 13.6 Å². The molecule has 2 rings (SSSR count). The van der Waals surface area contributed by atoms with Crippen molar-refractivity contribution in [2.45, 2.75) is 45.1 Å². The summed E-state index contributed by atoms with van der Waals surface area (Å²) in [6.45, 7) is 3.25. The third-order valence-corrected chi connectivity index (χ3v) is 4.40. The predicted octanol–water partition coefficient (Wildman–Crippen LogP) is 2.75. The van der Waals surface area contributed by atoms with E-state index in [1.165, 1.54) is 12.8 Å². The predicted molar refractivity (Wildman–Crippen MR) is 68.2 cm³/mol. The molecule has 0 amide bonds. The summed E-state index contributed by atoms with van der Waals surface area (Å²) in [6.07, 6.45) is 5.13. The number of anilines is 1. The van der Waals surface area contributed by atoms with Crippen LogP contribution in [0.25, 0.3) is 0 Å². The van der Waals surface area contributed by atoms with E-state index in [1.807, 2.05) is 0 Å². The molecule has 1 N–H and O–H groups in total. The zero-order valence-corrected chi connectivity index (χ0v) is 10.9. The van der Waals surface area contributed by atoms with Crippen LogP contribution in [-0.2, 0) is 6.42 Å². The lowest BCUT2D eigenvalue weighted by atomic mass is 10.0. The van der Waals surface area contributed by atoms with Gasteiger partial charge >= 0.3 is 0 Å². The summed E-state index contributed by atoms with van der Waals surface area (Å²) in [6, 6.07) is 0. The summed E-state index contributed by atoms with van der Waals surface area (Å²) in [5, 5.41) is 11.0. The molecule has 0 radical (unpaired) electrons. The summed E-state index contributed by atoms with van der Waals surface area (Å²) in [5.41, 5.74) is 1.13. The first-order chi connectivity index (χ1) is 7.72. The maximum absolute atomic E-state index is 9.88. The SMILES string of the molecule is CCCCN(C)c1nc2c(s1)C(O)CCC2. The van der Waals surface area contributed by atoms with Crippen LogP contribution in [-0.4, -0.2) is 23.7 Å². The van der Waals surface area contributed by atoms with Crippen LogP contribution in [0, 0.1) is 0 Å². The quantitative estimate of drug-likeness (QED) is 0.879. The van der Waals surface area contributed by atoms with Gasteiger partial charge in [0.1, 0.15) is 0 Å². The number of aryl methyl sites for hydroxylation is 1. The third-order valence-electron chi connectivity index (χ3n) is 3.08. The Morgan fingerprint density at radius 3 is 3.06 bits per heavy atom. The summed E-state index contributed by atoms with van der Waals surface area (Å²) in [5.74, 6) is 0. The fourth-order valence-electron chi connectivity index (χ4n) is 2.04. The molecule has 0 saturated heterocycles. The Bertz CT molecular complexity index is 351. The van der Waals surface area contributed by atoms with Crippen molar-refractivity contribution < 1.29 is 5.11 Å². The summed E-state index contributed by atoms with van der Waals surface area (Å²) < 4.78 is 0. The van der Waals surface area contributed by atoms with E-state index in [0.717, 1.165) is 41.5 Å². The number of unbranched alkanes of at least 4 members (excludes halogenated alkanes) is 1. The number of rotatable bonds is 4. The molecule has 1 atom stereocenters.